The molecule has 2 amide bonds. The van der Waals surface area contributed by atoms with Gasteiger partial charge < -0.3 is 16.4 Å². The van der Waals surface area contributed by atoms with Crippen molar-refractivity contribution in [3.8, 4) is 0 Å². The molecule has 0 spiro atoms. The summed E-state index contributed by atoms with van der Waals surface area (Å²) < 4.78 is 0. The minimum atomic E-state index is -0.0574. The Balaban J connectivity index is 2.06. The van der Waals surface area contributed by atoms with Crippen LogP contribution in [0.25, 0.3) is 0 Å². The topological polar surface area (TPSA) is 67.2 Å². The maximum absolute atomic E-state index is 11.0. The SMILES string of the molecule is CCNC(=O)NC1CC(CN)C1. The number of urea groups is 1. The number of amides is 2. The van der Waals surface area contributed by atoms with Crippen molar-refractivity contribution in [2.24, 2.45) is 11.7 Å². The van der Waals surface area contributed by atoms with Crippen LogP contribution in [0.1, 0.15) is 19.8 Å². The van der Waals surface area contributed by atoms with Gasteiger partial charge in [0.05, 0.1) is 0 Å². The van der Waals surface area contributed by atoms with E-state index in [1.54, 1.807) is 0 Å². The Morgan fingerprint density at radius 3 is 2.75 bits per heavy atom. The summed E-state index contributed by atoms with van der Waals surface area (Å²) >= 11 is 0. The van der Waals surface area contributed by atoms with Crippen molar-refractivity contribution in [1.82, 2.24) is 10.6 Å². The highest BCUT2D eigenvalue weighted by Gasteiger charge is 2.28. The van der Waals surface area contributed by atoms with Crippen LogP contribution in [0.3, 0.4) is 0 Å². The summed E-state index contributed by atoms with van der Waals surface area (Å²) in [7, 11) is 0. The van der Waals surface area contributed by atoms with Crippen LogP contribution < -0.4 is 16.4 Å². The molecule has 0 atom stereocenters. The summed E-state index contributed by atoms with van der Waals surface area (Å²) in [5.74, 6) is 0.622. The molecule has 4 heteroatoms. The molecule has 0 saturated heterocycles. The zero-order chi connectivity index (χ0) is 8.97. The summed E-state index contributed by atoms with van der Waals surface area (Å²) in [6.45, 7) is 3.33. The van der Waals surface area contributed by atoms with E-state index in [1.807, 2.05) is 6.92 Å². The minimum absolute atomic E-state index is 0.0574. The van der Waals surface area contributed by atoms with E-state index < -0.39 is 0 Å². The summed E-state index contributed by atoms with van der Waals surface area (Å²) in [4.78, 5) is 11.0. The first kappa shape index (κ1) is 9.32. The molecule has 1 fully saturated rings. The van der Waals surface area contributed by atoms with Gasteiger partial charge in [-0.05, 0) is 32.2 Å². The highest BCUT2D eigenvalue weighted by molar-refractivity contribution is 5.74. The van der Waals surface area contributed by atoms with Crippen LogP contribution in [-0.2, 0) is 0 Å². The average Bonchev–Trinajstić information content (AvgIpc) is 1.96. The molecule has 0 aromatic heterocycles. The van der Waals surface area contributed by atoms with E-state index in [0.717, 1.165) is 19.4 Å². The molecule has 0 aromatic carbocycles. The summed E-state index contributed by atoms with van der Waals surface area (Å²) in [5, 5.41) is 5.57. The Labute approximate surface area is 72.9 Å². The maximum atomic E-state index is 11.0. The van der Waals surface area contributed by atoms with E-state index in [1.165, 1.54) is 0 Å². The van der Waals surface area contributed by atoms with Crippen LogP contribution in [-0.4, -0.2) is 25.2 Å². The molecule has 0 unspecified atom stereocenters. The molecule has 0 heterocycles. The molecular weight excluding hydrogens is 154 g/mol. The molecule has 1 aliphatic carbocycles. The number of carbonyl (C=O) groups is 1. The van der Waals surface area contributed by atoms with Gasteiger partial charge in [0.25, 0.3) is 0 Å². The van der Waals surface area contributed by atoms with Gasteiger partial charge in [-0.2, -0.15) is 0 Å². The zero-order valence-corrected chi connectivity index (χ0v) is 7.47. The number of hydrogen-bond donors (Lipinski definition) is 3. The van der Waals surface area contributed by atoms with Crippen LogP contribution in [0.4, 0.5) is 4.79 Å². The van der Waals surface area contributed by atoms with E-state index in [2.05, 4.69) is 10.6 Å². The molecular formula is C8H17N3O. The van der Waals surface area contributed by atoms with Crippen molar-refractivity contribution < 1.29 is 4.79 Å². The minimum Gasteiger partial charge on any atom is -0.338 e. The quantitative estimate of drug-likeness (QED) is 0.561. The molecule has 0 bridgehead atoms. The fourth-order valence-electron chi connectivity index (χ4n) is 1.44. The number of nitrogens with one attached hydrogen (secondary N) is 2. The van der Waals surface area contributed by atoms with Gasteiger partial charge in [0.1, 0.15) is 0 Å². The maximum Gasteiger partial charge on any atom is 0.314 e. The molecule has 12 heavy (non-hydrogen) atoms. The lowest BCUT2D eigenvalue weighted by Gasteiger charge is -2.34. The molecule has 70 valence electrons. The monoisotopic (exact) mass is 171 g/mol. The van der Waals surface area contributed by atoms with Gasteiger partial charge >= 0.3 is 6.03 Å². The summed E-state index contributed by atoms with van der Waals surface area (Å²) in [6, 6.07) is 0.295. The lowest BCUT2D eigenvalue weighted by Crippen LogP contribution is -2.49. The van der Waals surface area contributed by atoms with E-state index in [0.29, 0.717) is 18.5 Å². The van der Waals surface area contributed by atoms with Crippen LogP contribution in [0.5, 0.6) is 0 Å². The smallest absolute Gasteiger partial charge is 0.314 e. The first-order chi connectivity index (χ1) is 5.76. The zero-order valence-electron chi connectivity index (χ0n) is 7.47. The van der Waals surface area contributed by atoms with E-state index in [4.69, 9.17) is 5.73 Å². The second-order valence-electron chi connectivity index (χ2n) is 3.27. The number of carbonyl (C=O) groups excluding carboxylic acids is 1. The van der Waals surface area contributed by atoms with Crippen LogP contribution >= 0.6 is 0 Å². The van der Waals surface area contributed by atoms with Crippen molar-refractivity contribution in [1.29, 1.82) is 0 Å². The van der Waals surface area contributed by atoms with Gasteiger partial charge in [0.15, 0.2) is 0 Å². The number of hydrogen-bond acceptors (Lipinski definition) is 2. The van der Waals surface area contributed by atoms with E-state index in [-0.39, 0.29) is 6.03 Å². The lowest BCUT2D eigenvalue weighted by atomic mass is 9.80. The Kier molecular flexibility index (Phi) is 3.34. The second-order valence-corrected chi connectivity index (χ2v) is 3.27. The van der Waals surface area contributed by atoms with Crippen molar-refractivity contribution >= 4 is 6.03 Å². The number of rotatable bonds is 3. The third-order valence-electron chi connectivity index (χ3n) is 2.24. The highest BCUT2D eigenvalue weighted by atomic mass is 16.2. The fraction of sp³-hybridized carbons (Fsp3) is 0.875. The third-order valence-corrected chi connectivity index (χ3v) is 2.24. The Morgan fingerprint density at radius 1 is 1.58 bits per heavy atom. The Bertz CT molecular complexity index is 154. The van der Waals surface area contributed by atoms with Crippen molar-refractivity contribution in [2.45, 2.75) is 25.8 Å². The largest absolute Gasteiger partial charge is 0.338 e. The van der Waals surface area contributed by atoms with Crippen molar-refractivity contribution in [3.05, 3.63) is 0 Å². The van der Waals surface area contributed by atoms with E-state index in [9.17, 15) is 4.79 Å². The predicted molar refractivity (Wildman–Crippen MR) is 47.8 cm³/mol. The van der Waals surface area contributed by atoms with Crippen molar-refractivity contribution in [3.63, 3.8) is 0 Å². The Morgan fingerprint density at radius 2 is 2.25 bits per heavy atom. The predicted octanol–water partition coefficient (Wildman–Crippen LogP) is 0.0428. The standard InChI is InChI=1S/C8H17N3O/c1-2-10-8(12)11-7-3-6(4-7)5-9/h6-7H,2-5,9H2,1H3,(H2,10,11,12). The number of nitrogens with two attached hydrogens (primary N) is 1. The normalized spacial score (nSPS) is 27.5. The third kappa shape index (κ3) is 2.37. The molecule has 4 N–H and O–H groups in total. The van der Waals surface area contributed by atoms with Crippen molar-refractivity contribution in [2.75, 3.05) is 13.1 Å². The Hall–Kier alpha value is -0.770. The van der Waals surface area contributed by atoms with Crippen LogP contribution in [0, 0.1) is 5.92 Å². The van der Waals surface area contributed by atoms with Gasteiger partial charge in [-0.15, -0.1) is 0 Å². The highest BCUT2D eigenvalue weighted by Crippen LogP contribution is 2.25. The molecule has 1 saturated carbocycles. The fourth-order valence-corrected chi connectivity index (χ4v) is 1.44. The molecule has 1 rings (SSSR count). The van der Waals surface area contributed by atoms with Gasteiger partial charge in [-0.3, -0.25) is 0 Å². The molecule has 4 nitrogen and oxygen atoms in total. The summed E-state index contributed by atoms with van der Waals surface area (Å²) in [6.07, 6.45) is 2.07. The lowest BCUT2D eigenvalue weighted by molar-refractivity contribution is 0.206. The van der Waals surface area contributed by atoms with Gasteiger partial charge in [-0.25, -0.2) is 4.79 Å². The first-order valence-electron chi connectivity index (χ1n) is 4.50. The molecule has 0 aliphatic heterocycles. The molecule has 0 radical (unpaired) electrons. The van der Waals surface area contributed by atoms with Gasteiger partial charge in [0.2, 0.25) is 0 Å². The average molecular weight is 171 g/mol. The molecule has 0 aromatic rings. The second kappa shape index (κ2) is 4.30. The van der Waals surface area contributed by atoms with Crippen LogP contribution in [0.15, 0.2) is 0 Å². The van der Waals surface area contributed by atoms with Gasteiger partial charge in [0, 0.05) is 12.6 Å². The molecule has 1 aliphatic rings. The summed E-state index contributed by atoms with van der Waals surface area (Å²) in [5.41, 5.74) is 5.46. The van der Waals surface area contributed by atoms with Crippen LogP contribution in [0.2, 0.25) is 0 Å². The first-order valence-corrected chi connectivity index (χ1v) is 4.50. The van der Waals surface area contributed by atoms with Gasteiger partial charge in [-0.1, -0.05) is 0 Å². The van der Waals surface area contributed by atoms with E-state index >= 15 is 0 Å².